The first kappa shape index (κ1) is 12.9. The first-order valence-electron chi connectivity index (χ1n) is 7.11. The minimum atomic E-state index is 0.605. The van der Waals surface area contributed by atoms with Crippen LogP contribution in [0.2, 0.25) is 0 Å². The average molecular weight is 268 g/mol. The van der Waals surface area contributed by atoms with Gasteiger partial charge in [0, 0.05) is 18.7 Å². The molecule has 20 heavy (non-hydrogen) atoms. The Hall–Kier alpha value is -2.10. The van der Waals surface area contributed by atoms with Crippen molar-refractivity contribution in [3.05, 3.63) is 47.3 Å². The monoisotopic (exact) mass is 268 g/mol. The Morgan fingerprint density at radius 1 is 1.10 bits per heavy atom. The number of anilines is 2. The first-order valence-corrected chi connectivity index (χ1v) is 7.11. The van der Waals surface area contributed by atoms with Gasteiger partial charge in [-0.25, -0.2) is 9.97 Å². The van der Waals surface area contributed by atoms with Gasteiger partial charge in [0.25, 0.3) is 0 Å². The third-order valence-electron chi connectivity index (χ3n) is 3.32. The molecule has 0 saturated heterocycles. The topological polar surface area (TPSA) is 49.8 Å². The maximum absolute atomic E-state index is 4.44. The molecule has 0 aliphatic heterocycles. The zero-order valence-electron chi connectivity index (χ0n) is 12.0. The molecule has 2 aromatic rings. The Morgan fingerprint density at radius 2 is 1.90 bits per heavy atom. The van der Waals surface area contributed by atoms with Crippen LogP contribution in [0.15, 0.2) is 30.3 Å². The summed E-state index contributed by atoms with van der Waals surface area (Å²) in [6, 6.07) is 11.1. The van der Waals surface area contributed by atoms with Crippen molar-refractivity contribution in [1.82, 2.24) is 9.97 Å². The van der Waals surface area contributed by atoms with Gasteiger partial charge in [0.1, 0.15) is 17.5 Å². The second-order valence-electron chi connectivity index (χ2n) is 5.45. The molecule has 0 atom stereocenters. The summed E-state index contributed by atoms with van der Waals surface area (Å²) in [6.45, 7) is 4.81. The summed E-state index contributed by atoms with van der Waals surface area (Å²) in [6.07, 6.45) is 2.49. The van der Waals surface area contributed by atoms with Crippen molar-refractivity contribution >= 4 is 11.6 Å². The van der Waals surface area contributed by atoms with Crippen molar-refractivity contribution < 1.29 is 0 Å². The van der Waals surface area contributed by atoms with Gasteiger partial charge in [0.2, 0.25) is 0 Å². The minimum absolute atomic E-state index is 0.605. The Labute approximate surface area is 119 Å². The second kappa shape index (κ2) is 5.49. The Morgan fingerprint density at radius 3 is 2.65 bits per heavy atom. The highest BCUT2D eigenvalue weighted by Crippen LogP contribution is 2.24. The lowest BCUT2D eigenvalue weighted by Gasteiger charge is -2.10. The zero-order valence-corrected chi connectivity index (χ0v) is 12.0. The van der Waals surface area contributed by atoms with Crippen LogP contribution in [0.5, 0.6) is 0 Å². The van der Waals surface area contributed by atoms with Gasteiger partial charge >= 0.3 is 0 Å². The molecule has 1 aliphatic carbocycles. The molecule has 0 radical (unpaired) electrons. The van der Waals surface area contributed by atoms with Gasteiger partial charge in [-0.1, -0.05) is 29.8 Å². The lowest BCUT2D eigenvalue weighted by atomic mass is 10.1. The molecule has 4 heteroatoms. The van der Waals surface area contributed by atoms with Crippen molar-refractivity contribution in [2.75, 3.05) is 10.6 Å². The molecule has 104 valence electrons. The molecular weight excluding hydrogens is 248 g/mol. The Bertz CT molecular complexity index is 605. The van der Waals surface area contributed by atoms with Crippen LogP contribution in [0.3, 0.4) is 0 Å². The Balaban J connectivity index is 1.68. The summed E-state index contributed by atoms with van der Waals surface area (Å²) < 4.78 is 0. The van der Waals surface area contributed by atoms with Crippen molar-refractivity contribution in [3.63, 3.8) is 0 Å². The zero-order chi connectivity index (χ0) is 13.9. The molecule has 1 aromatic carbocycles. The van der Waals surface area contributed by atoms with Crippen LogP contribution in [-0.2, 0) is 6.54 Å². The summed E-state index contributed by atoms with van der Waals surface area (Å²) in [5.74, 6) is 2.59. The van der Waals surface area contributed by atoms with Crippen LogP contribution in [0.25, 0.3) is 0 Å². The fraction of sp³-hybridized carbons (Fsp3) is 0.375. The van der Waals surface area contributed by atoms with E-state index in [9.17, 15) is 0 Å². The number of hydrogen-bond acceptors (Lipinski definition) is 4. The number of aromatic nitrogens is 2. The fourth-order valence-corrected chi connectivity index (χ4v) is 2.18. The van der Waals surface area contributed by atoms with Gasteiger partial charge in [-0.3, -0.25) is 0 Å². The maximum Gasteiger partial charge on any atom is 0.132 e. The highest BCUT2D eigenvalue weighted by Gasteiger charge is 2.21. The van der Waals surface area contributed by atoms with Crippen LogP contribution >= 0.6 is 0 Å². The molecule has 1 aromatic heterocycles. The van der Waals surface area contributed by atoms with Crippen molar-refractivity contribution in [2.24, 2.45) is 0 Å². The van der Waals surface area contributed by atoms with Gasteiger partial charge < -0.3 is 10.6 Å². The Kier molecular flexibility index (Phi) is 3.54. The molecule has 2 N–H and O–H groups in total. The van der Waals surface area contributed by atoms with Gasteiger partial charge in [0.15, 0.2) is 0 Å². The van der Waals surface area contributed by atoms with E-state index < -0.39 is 0 Å². The molecule has 1 heterocycles. The predicted molar refractivity (Wildman–Crippen MR) is 81.9 cm³/mol. The number of nitrogens with zero attached hydrogens (tertiary/aromatic N) is 2. The number of rotatable bonds is 5. The van der Waals surface area contributed by atoms with E-state index in [2.05, 4.69) is 51.8 Å². The minimum Gasteiger partial charge on any atom is -0.367 e. The number of benzene rings is 1. The summed E-state index contributed by atoms with van der Waals surface area (Å²) in [4.78, 5) is 8.86. The fourth-order valence-electron chi connectivity index (χ4n) is 2.18. The van der Waals surface area contributed by atoms with Gasteiger partial charge in [-0.05, 0) is 32.3 Å². The summed E-state index contributed by atoms with van der Waals surface area (Å²) >= 11 is 0. The van der Waals surface area contributed by atoms with E-state index in [1.807, 2.05) is 13.0 Å². The lowest BCUT2D eigenvalue weighted by molar-refractivity contribution is 1.00. The first-order chi connectivity index (χ1) is 9.69. The molecule has 0 amide bonds. The smallest absolute Gasteiger partial charge is 0.132 e. The highest BCUT2D eigenvalue weighted by atomic mass is 15.1. The average Bonchev–Trinajstić information content (AvgIpc) is 3.20. The quantitative estimate of drug-likeness (QED) is 0.873. The third kappa shape index (κ3) is 3.47. The number of aryl methyl sites for hydroxylation is 2. The van der Waals surface area contributed by atoms with E-state index >= 15 is 0 Å². The van der Waals surface area contributed by atoms with E-state index in [-0.39, 0.29) is 0 Å². The lowest BCUT2D eigenvalue weighted by Crippen LogP contribution is -2.08. The van der Waals surface area contributed by atoms with Crippen LogP contribution in [0, 0.1) is 13.8 Å². The predicted octanol–water partition coefficient (Wildman–Crippen LogP) is 3.28. The molecule has 0 spiro atoms. The van der Waals surface area contributed by atoms with E-state index in [4.69, 9.17) is 0 Å². The summed E-state index contributed by atoms with van der Waals surface area (Å²) in [5.41, 5.74) is 2.54. The third-order valence-corrected chi connectivity index (χ3v) is 3.32. The van der Waals surface area contributed by atoms with Crippen molar-refractivity contribution in [3.8, 4) is 0 Å². The highest BCUT2D eigenvalue weighted by molar-refractivity contribution is 5.49. The van der Waals surface area contributed by atoms with Crippen LogP contribution in [0.4, 0.5) is 11.6 Å². The summed E-state index contributed by atoms with van der Waals surface area (Å²) in [5, 5.41) is 6.79. The normalized spacial score (nSPS) is 14.1. The largest absolute Gasteiger partial charge is 0.367 e. The summed E-state index contributed by atoms with van der Waals surface area (Å²) in [7, 11) is 0. The maximum atomic E-state index is 4.44. The van der Waals surface area contributed by atoms with E-state index in [1.165, 1.54) is 24.0 Å². The van der Waals surface area contributed by atoms with Gasteiger partial charge in [-0.2, -0.15) is 0 Å². The molecule has 4 nitrogen and oxygen atoms in total. The number of nitrogens with one attached hydrogen (secondary N) is 2. The molecule has 3 rings (SSSR count). The van der Waals surface area contributed by atoms with Gasteiger partial charge in [-0.15, -0.1) is 0 Å². The van der Waals surface area contributed by atoms with Crippen LogP contribution in [-0.4, -0.2) is 16.0 Å². The second-order valence-corrected chi connectivity index (χ2v) is 5.45. The molecule has 0 bridgehead atoms. The molecule has 1 fully saturated rings. The standard InChI is InChI=1S/C16H20N4/c1-11-4-3-5-13(8-11)10-17-15-9-16(19-12(2)18-15)20-14-6-7-14/h3-5,8-9,14H,6-7,10H2,1-2H3,(H2,17,18,19,20). The molecular formula is C16H20N4. The van der Waals surface area contributed by atoms with Crippen molar-refractivity contribution in [2.45, 2.75) is 39.3 Å². The molecule has 1 aliphatic rings. The van der Waals surface area contributed by atoms with E-state index in [1.54, 1.807) is 0 Å². The van der Waals surface area contributed by atoms with Crippen molar-refractivity contribution in [1.29, 1.82) is 0 Å². The van der Waals surface area contributed by atoms with Crippen LogP contribution < -0.4 is 10.6 Å². The van der Waals surface area contributed by atoms with E-state index in [0.29, 0.717) is 6.04 Å². The van der Waals surface area contributed by atoms with Crippen LogP contribution in [0.1, 0.15) is 29.8 Å². The van der Waals surface area contributed by atoms with Gasteiger partial charge in [0.05, 0.1) is 0 Å². The molecule has 0 unspecified atom stereocenters. The number of hydrogen-bond donors (Lipinski definition) is 2. The molecule has 1 saturated carbocycles. The van der Waals surface area contributed by atoms with E-state index in [0.717, 1.165) is 24.0 Å². The SMILES string of the molecule is Cc1cccc(CNc2cc(NC3CC3)nc(C)n2)c1.